The first kappa shape index (κ1) is 23.3. The zero-order valence-electron chi connectivity index (χ0n) is 19.2. The van der Waals surface area contributed by atoms with Crippen molar-refractivity contribution in [2.24, 2.45) is 5.92 Å². The summed E-state index contributed by atoms with van der Waals surface area (Å²) < 4.78 is 16.6. The van der Waals surface area contributed by atoms with Crippen molar-refractivity contribution in [3.63, 3.8) is 0 Å². The normalized spacial score (nSPS) is 15.0. The van der Waals surface area contributed by atoms with Crippen molar-refractivity contribution in [1.29, 1.82) is 0 Å². The Morgan fingerprint density at radius 1 is 1.27 bits per heavy atom. The largest absolute Gasteiger partial charge is 0.493 e. The van der Waals surface area contributed by atoms with Gasteiger partial charge in [-0.05, 0) is 68.9 Å². The van der Waals surface area contributed by atoms with E-state index in [0.717, 1.165) is 36.4 Å². The van der Waals surface area contributed by atoms with Crippen LogP contribution in [0.1, 0.15) is 38.1 Å². The molecule has 1 amide bonds. The van der Waals surface area contributed by atoms with E-state index in [1.807, 2.05) is 49.6 Å². The number of benzene rings is 1. The molecule has 1 N–H and O–H groups in total. The molecule has 1 saturated heterocycles. The third-order valence-corrected chi connectivity index (χ3v) is 6.45. The van der Waals surface area contributed by atoms with Crippen molar-refractivity contribution >= 4 is 17.2 Å². The van der Waals surface area contributed by atoms with Gasteiger partial charge in [0.15, 0.2) is 11.5 Å². The Morgan fingerprint density at radius 2 is 2.09 bits per heavy atom. The van der Waals surface area contributed by atoms with Gasteiger partial charge in [0.1, 0.15) is 0 Å². The minimum Gasteiger partial charge on any atom is -0.493 e. The lowest BCUT2D eigenvalue weighted by Gasteiger charge is -2.30. The summed E-state index contributed by atoms with van der Waals surface area (Å²) in [5.41, 5.74) is 0.978. The number of methoxy groups -OCH3 is 1. The highest BCUT2D eigenvalue weighted by atomic mass is 32.1. The van der Waals surface area contributed by atoms with Crippen molar-refractivity contribution in [2.45, 2.75) is 45.9 Å². The summed E-state index contributed by atoms with van der Waals surface area (Å²) in [7, 11) is 1.62. The monoisotopic (exact) mass is 470 g/mol. The number of hydrogen-bond acceptors (Lipinski definition) is 8. The fraction of sp³-hybridized carbons (Fsp3) is 0.458. The molecule has 0 unspecified atom stereocenters. The van der Waals surface area contributed by atoms with E-state index in [2.05, 4.69) is 20.4 Å². The molecule has 0 aliphatic carbocycles. The van der Waals surface area contributed by atoms with Crippen LogP contribution in [-0.4, -0.2) is 47.3 Å². The minimum atomic E-state index is 0.0102. The summed E-state index contributed by atoms with van der Waals surface area (Å²) in [5, 5.41) is 9.13. The molecular weight excluding hydrogens is 440 g/mol. The molecule has 1 aliphatic rings. The third kappa shape index (κ3) is 6.11. The van der Waals surface area contributed by atoms with E-state index in [0.29, 0.717) is 36.3 Å². The highest BCUT2D eigenvalue weighted by Gasteiger charge is 2.26. The first-order chi connectivity index (χ1) is 16.0. The van der Waals surface area contributed by atoms with Gasteiger partial charge in [-0.25, -0.2) is 0 Å². The molecule has 3 heterocycles. The highest BCUT2D eigenvalue weighted by molar-refractivity contribution is 7.13. The van der Waals surface area contributed by atoms with E-state index < -0.39 is 0 Å². The lowest BCUT2D eigenvalue weighted by Crippen LogP contribution is -2.40. The van der Waals surface area contributed by atoms with Gasteiger partial charge in [-0.15, -0.1) is 11.3 Å². The maximum absolute atomic E-state index is 12.7. The molecule has 0 radical (unpaired) electrons. The molecule has 1 aromatic carbocycles. The van der Waals surface area contributed by atoms with Crippen molar-refractivity contribution in [2.75, 3.05) is 20.2 Å². The molecule has 4 rings (SSSR count). The molecule has 8 nitrogen and oxygen atoms in total. The van der Waals surface area contributed by atoms with Gasteiger partial charge in [0.25, 0.3) is 0 Å². The number of rotatable bonds is 9. The molecule has 0 bridgehead atoms. The molecule has 3 aromatic rings. The number of likely N-dealkylation sites (tertiary alicyclic amines) is 1. The topological polar surface area (TPSA) is 89.7 Å². The smallest absolute Gasteiger partial charge is 0.241 e. The second-order valence-corrected chi connectivity index (χ2v) is 9.36. The fourth-order valence-corrected chi connectivity index (χ4v) is 4.53. The van der Waals surface area contributed by atoms with Crippen LogP contribution < -0.4 is 14.8 Å². The van der Waals surface area contributed by atoms with Crippen LogP contribution in [0.15, 0.2) is 40.2 Å². The maximum atomic E-state index is 12.7. The van der Waals surface area contributed by atoms with Gasteiger partial charge in [-0.1, -0.05) is 17.3 Å². The molecule has 1 aliphatic heterocycles. The van der Waals surface area contributed by atoms with Crippen molar-refractivity contribution < 1.29 is 18.8 Å². The summed E-state index contributed by atoms with van der Waals surface area (Å²) in [6.45, 7) is 6.67. The zero-order valence-corrected chi connectivity index (χ0v) is 20.1. The number of ether oxygens (including phenoxy) is 2. The van der Waals surface area contributed by atoms with E-state index in [-0.39, 0.29) is 17.9 Å². The summed E-state index contributed by atoms with van der Waals surface area (Å²) in [6, 6.07) is 9.71. The van der Waals surface area contributed by atoms with Crippen molar-refractivity contribution in [1.82, 2.24) is 20.4 Å². The zero-order chi connectivity index (χ0) is 23.2. The number of hydrogen-bond donors (Lipinski definition) is 1. The number of amides is 1. The van der Waals surface area contributed by atoms with E-state index >= 15 is 0 Å². The number of nitrogens with one attached hydrogen (secondary N) is 1. The molecule has 0 spiro atoms. The number of aromatic nitrogens is 2. The van der Waals surface area contributed by atoms with E-state index in [4.69, 9.17) is 14.0 Å². The summed E-state index contributed by atoms with van der Waals surface area (Å²) in [5.74, 6) is 2.73. The molecule has 9 heteroatoms. The second-order valence-electron chi connectivity index (χ2n) is 8.41. The Hall–Kier alpha value is -2.91. The minimum absolute atomic E-state index is 0.0102. The average molecular weight is 471 g/mol. The fourth-order valence-electron chi connectivity index (χ4n) is 3.88. The van der Waals surface area contributed by atoms with Gasteiger partial charge < -0.3 is 19.3 Å². The number of carbonyl (C=O) groups is 1. The molecule has 0 saturated carbocycles. The molecule has 1 fully saturated rings. The van der Waals surface area contributed by atoms with Gasteiger partial charge in [-0.3, -0.25) is 9.69 Å². The Labute approximate surface area is 197 Å². The summed E-state index contributed by atoms with van der Waals surface area (Å²) >= 11 is 1.59. The molecule has 33 heavy (non-hydrogen) atoms. The van der Waals surface area contributed by atoms with Gasteiger partial charge in [-0.2, -0.15) is 4.98 Å². The summed E-state index contributed by atoms with van der Waals surface area (Å²) in [6.07, 6.45) is 1.68. The third-order valence-electron chi connectivity index (χ3n) is 5.58. The average Bonchev–Trinajstić information content (AvgIpc) is 3.50. The van der Waals surface area contributed by atoms with E-state index in [1.165, 1.54) is 0 Å². The molecule has 0 atom stereocenters. The van der Waals surface area contributed by atoms with Crippen LogP contribution in [0.5, 0.6) is 11.5 Å². The predicted octanol–water partition coefficient (Wildman–Crippen LogP) is 4.12. The number of thiophene rings is 1. The predicted molar refractivity (Wildman–Crippen MR) is 126 cm³/mol. The second kappa shape index (κ2) is 10.8. The molecule has 2 aromatic heterocycles. The lowest BCUT2D eigenvalue weighted by molar-refractivity contribution is -0.126. The first-order valence-electron chi connectivity index (χ1n) is 11.2. The first-order valence-corrected chi connectivity index (χ1v) is 12.1. The number of carbonyl (C=O) groups excluding carboxylic acids is 1. The van der Waals surface area contributed by atoms with Gasteiger partial charge in [0.2, 0.25) is 17.6 Å². The number of piperidine rings is 1. The van der Waals surface area contributed by atoms with Crippen LogP contribution in [0, 0.1) is 5.92 Å². The Morgan fingerprint density at radius 3 is 2.79 bits per heavy atom. The van der Waals surface area contributed by atoms with Crippen LogP contribution in [-0.2, 0) is 17.9 Å². The van der Waals surface area contributed by atoms with Crippen LogP contribution in [0.25, 0.3) is 10.7 Å². The van der Waals surface area contributed by atoms with Crippen LogP contribution >= 0.6 is 11.3 Å². The Kier molecular flexibility index (Phi) is 7.61. The molecular formula is C24H30N4O4S. The van der Waals surface area contributed by atoms with Crippen LogP contribution in [0.2, 0.25) is 0 Å². The summed E-state index contributed by atoms with van der Waals surface area (Å²) in [4.78, 5) is 20.5. The van der Waals surface area contributed by atoms with Crippen LogP contribution in [0.3, 0.4) is 0 Å². The van der Waals surface area contributed by atoms with Gasteiger partial charge in [0.05, 0.1) is 24.6 Å². The maximum Gasteiger partial charge on any atom is 0.241 e. The molecule has 176 valence electrons. The quantitative estimate of drug-likeness (QED) is 0.503. The van der Waals surface area contributed by atoms with Crippen molar-refractivity contribution in [3.8, 4) is 22.2 Å². The standard InChI is InChI=1S/C24H30N4O4S/c1-16(2)31-19-7-6-17(13-20(19)30-3)14-25-24(29)18-8-10-28(11-9-18)15-22-26-23(27-32-22)21-5-4-12-33-21/h4-7,12-13,16,18H,8-11,14-15H2,1-3H3,(H,25,29). The lowest BCUT2D eigenvalue weighted by atomic mass is 9.96. The van der Waals surface area contributed by atoms with Gasteiger partial charge >= 0.3 is 0 Å². The Bertz CT molecular complexity index is 1040. The van der Waals surface area contributed by atoms with E-state index in [9.17, 15) is 4.79 Å². The Balaban J connectivity index is 1.23. The SMILES string of the molecule is COc1cc(CNC(=O)C2CCN(Cc3nc(-c4cccs4)no3)CC2)ccc1OC(C)C. The van der Waals surface area contributed by atoms with Crippen molar-refractivity contribution in [3.05, 3.63) is 47.2 Å². The number of nitrogens with zero attached hydrogens (tertiary/aromatic N) is 3. The highest BCUT2D eigenvalue weighted by Crippen LogP contribution is 2.29. The van der Waals surface area contributed by atoms with Crippen LogP contribution in [0.4, 0.5) is 0 Å². The van der Waals surface area contributed by atoms with Gasteiger partial charge in [0, 0.05) is 12.5 Å². The van der Waals surface area contributed by atoms with E-state index in [1.54, 1.807) is 18.4 Å².